The Bertz CT molecular complexity index is 1170. The number of halogens is 1. The zero-order valence-electron chi connectivity index (χ0n) is 14.9. The highest BCUT2D eigenvalue weighted by Gasteiger charge is 2.16. The normalized spacial score (nSPS) is 11.0. The van der Waals surface area contributed by atoms with E-state index in [1.54, 1.807) is 31.5 Å². The zero-order valence-corrected chi connectivity index (χ0v) is 14.9. The van der Waals surface area contributed by atoms with Crippen LogP contribution in [0.3, 0.4) is 0 Å². The van der Waals surface area contributed by atoms with Gasteiger partial charge in [-0.2, -0.15) is 0 Å². The van der Waals surface area contributed by atoms with Crippen LogP contribution in [0.4, 0.5) is 4.39 Å². The van der Waals surface area contributed by atoms with Gasteiger partial charge in [0.15, 0.2) is 5.82 Å². The molecule has 0 aliphatic rings. The van der Waals surface area contributed by atoms with Gasteiger partial charge in [-0.3, -0.25) is 19.9 Å². The molecule has 0 unspecified atom stereocenters. The van der Waals surface area contributed by atoms with Crippen LogP contribution >= 0.6 is 0 Å². The number of pyridine rings is 1. The number of carbonyl (C=O) groups is 1. The molecule has 4 aromatic rings. The molecule has 0 spiro atoms. The van der Waals surface area contributed by atoms with Gasteiger partial charge in [0.2, 0.25) is 0 Å². The van der Waals surface area contributed by atoms with Crippen molar-refractivity contribution in [1.82, 2.24) is 19.6 Å². The molecule has 3 heterocycles. The third-order valence-corrected chi connectivity index (χ3v) is 4.36. The molecule has 0 aliphatic carbocycles. The molecule has 4 rings (SSSR count). The zero-order chi connectivity index (χ0) is 19.7. The number of hydrogen-bond donors (Lipinski definition) is 2. The molecule has 8 heteroatoms. The molecule has 0 fully saturated rings. The van der Waals surface area contributed by atoms with Gasteiger partial charge in [0.05, 0.1) is 23.4 Å². The quantitative estimate of drug-likeness (QED) is 0.570. The maximum absolute atomic E-state index is 13.5. The summed E-state index contributed by atoms with van der Waals surface area (Å²) in [7, 11) is 0. The second-order valence-corrected chi connectivity index (χ2v) is 6.19. The lowest BCUT2D eigenvalue weighted by Gasteiger charge is -2.10. The van der Waals surface area contributed by atoms with E-state index in [1.165, 1.54) is 29.1 Å². The fourth-order valence-corrected chi connectivity index (χ4v) is 2.97. The predicted molar refractivity (Wildman–Crippen MR) is 102 cm³/mol. The van der Waals surface area contributed by atoms with Crippen LogP contribution in [0.15, 0.2) is 55.0 Å². The summed E-state index contributed by atoms with van der Waals surface area (Å²) in [4.78, 5) is 25.5. The lowest BCUT2D eigenvalue weighted by Crippen LogP contribution is -2.23. The first kappa shape index (κ1) is 17.7. The summed E-state index contributed by atoms with van der Waals surface area (Å²) in [5.74, 6) is -0.407. The molecule has 7 nitrogen and oxygen atoms in total. The number of nitrogens with one attached hydrogen (secondary N) is 1. The third kappa shape index (κ3) is 3.21. The molecule has 2 N–H and O–H groups in total. The monoisotopic (exact) mass is 377 g/mol. The van der Waals surface area contributed by atoms with Crippen LogP contribution in [-0.2, 0) is 6.61 Å². The van der Waals surface area contributed by atoms with Gasteiger partial charge in [0.1, 0.15) is 11.5 Å². The number of carbonyl (C=O) groups excluding carboxylic acids is 1. The van der Waals surface area contributed by atoms with E-state index >= 15 is 0 Å². The van der Waals surface area contributed by atoms with E-state index < -0.39 is 11.7 Å². The van der Waals surface area contributed by atoms with Crippen LogP contribution in [-0.4, -0.2) is 30.6 Å². The highest BCUT2D eigenvalue weighted by Crippen LogP contribution is 2.22. The number of rotatable bonds is 4. The molecule has 1 amide bonds. The molecule has 1 aromatic carbocycles. The van der Waals surface area contributed by atoms with Gasteiger partial charge in [-0.15, -0.1) is 0 Å². The van der Waals surface area contributed by atoms with Crippen LogP contribution in [0.1, 0.15) is 21.6 Å². The Kier molecular flexibility index (Phi) is 4.54. The summed E-state index contributed by atoms with van der Waals surface area (Å²) >= 11 is 0. The number of nitrogens with zero attached hydrogens (tertiary/aromatic N) is 4. The molecule has 0 bridgehead atoms. The van der Waals surface area contributed by atoms with Gasteiger partial charge in [-0.25, -0.2) is 14.4 Å². The van der Waals surface area contributed by atoms with E-state index in [2.05, 4.69) is 20.4 Å². The summed E-state index contributed by atoms with van der Waals surface area (Å²) in [5, 5.41) is 10.0. The van der Waals surface area contributed by atoms with Crippen LogP contribution < -0.4 is 5.43 Å². The lowest BCUT2D eigenvalue weighted by atomic mass is 10.2. The smallest absolute Gasteiger partial charge is 0.273 e. The topological polar surface area (TPSA) is 92.9 Å². The van der Waals surface area contributed by atoms with Crippen molar-refractivity contribution in [3.8, 4) is 11.5 Å². The molecule has 0 saturated carbocycles. The van der Waals surface area contributed by atoms with Crippen LogP contribution in [0.5, 0.6) is 0 Å². The Balaban J connectivity index is 1.65. The number of hydrogen-bond acceptors (Lipinski definition) is 5. The molecule has 140 valence electrons. The maximum Gasteiger partial charge on any atom is 0.273 e. The Hall–Kier alpha value is -3.65. The van der Waals surface area contributed by atoms with Crippen molar-refractivity contribution in [2.24, 2.45) is 0 Å². The van der Waals surface area contributed by atoms with Crippen LogP contribution in [0, 0.1) is 12.7 Å². The predicted octanol–water partition coefficient (Wildman–Crippen LogP) is 2.82. The van der Waals surface area contributed by atoms with Crippen molar-refractivity contribution < 1.29 is 14.3 Å². The molecule has 28 heavy (non-hydrogen) atoms. The van der Waals surface area contributed by atoms with Crippen molar-refractivity contribution in [3.05, 3.63) is 77.6 Å². The highest BCUT2D eigenvalue weighted by atomic mass is 19.1. The highest BCUT2D eigenvalue weighted by molar-refractivity contribution is 6.01. The summed E-state index contributed by atoms with van der Waals surface area (Å²) < 4.78 is 15.0. The summed E-state index contributed by atoms with van der Waals surface area (Å²) in [6.45, 7) is 1.44. The Labute approximate surface area is 159 Å². The van der Waals surface area contributed by atoms with Crippen molar-refractivity contribution in [2.45, 2.75) is 13.5 Å². The molecular weight excluding hydrogens is 361 g/mol. The maximum atomic E-state index is 13.5. The summed E-state index contributed by atoms with van der Waals surface area (Å²) in [5.41, 5.74) is 5.22. The number of aliphatic hydroxyl groups excluding tert-OH is 1. The summed E-state index contributed by atoms with van der Waals surface area (Å²) in [6.07, 6.45) is 4.65. The number of fused-ring (bicyclic) bond motifs is 1. The summed E-state index contributed by atoms with van der Waals surface area (Å²) in [6, 6.07) is 9.57. The Morgan fingerprint density at radius 3 is 2.82 bits per heavy atom. The second-order valence-electron chi connectivity index (χ2n) is 6.19. The van der Waals surface area contributed by atoms with Gasteiger partial charge in [0.25, 0.3) is 5.91 Å². The number of aliphatic hydroxyl groups is 1. The van der Waals surface area contributed by atoms with E-state index in [0.717, 1.165) is 0 Å². The SMILES string of the molecule is Cc1nc(-c2ccccn2)ncc1C(=O)Nn1cc(CO)c2cc(F)ccc21. The van der Waals surface area contributed by atoms with Crippen LogP contribution in [0.25, 0.3) is 22.4 Å². The average Bonchev–Trinajstić information content (AvgIpc) is 3.05. The molecule has 0 radical (unpaired) electrons. The Morgan fingerprint density at radius 2 is 2.11 bits per heavy atom. The first-order chi connectivity index (χ1) is 13.6. The minimum absolute atomic E-state index is 0.274. The van der Waals surface area contributed by atoms with Crippen LogP contribution in [0.2, 0.25) is 0 Å². The van der Waals surface area contributed by atoms with Crippen molar-refractivity contribution in [3.63, 3.8) is 0 Å². The lowest BCUT2D eigenvalue weighted by molar-refractivity contribution is 0.101. The molecule has 0 saturated heterocycles. The van der Waals surface area contributed by atoms with Gasteiger partial charge in [0, 0.05) is 29.5 Å². The molecule has 0 aliphatic heterocycles. The fraction of sp³-hybridized carbons (Fsp3) is 0.100. The van der Waals surface area contributed by atoms with E-state index in [0.29, 0.717) is 39.2 Å². The van der Waals surface area contributed by atoms with E-state index in [9.17, 15) is 14.3 Å². The Morgan fingerprint density at radius 1 is 1.25 bits per heavy atom. The van der Waals surface area contributed by atoms with E-state index in [-0.39, 0.29) is 6.61 Å². The van der Waals surface area contributed by atoms with Gasteiger partial charge < -0.3 is 5.11 Å². The second kappa shape index (κ2) is 7.16. The van der Waals surface area contributed by atoms with Gasteiger partial charge >= 0.3 is 0 Å². The first-order valence-corrected chi connectivity index (χ1v) is 8.53. The third-order valence-electron chi connectivity index (χ3n) is 4.36. The molecule has 3 aromatic heterocycles. The minimum Gasteiger partial charge on any atom is -0.392 e. The molecular formula is C20H16FN5O2. The van der Waals surface area contributed by atoms with E-state index in [1.807, 2.05) is 6.07 Å². The number of amides is 1. The standard InChI is InChI=1S/C20H16FN5O2/c1-12-16(9-23-19(24-12)17-4-2-3-7-22-17)20(28)25-26-10-13(11-27)15-8-14(21)5-6-18(15)26/h2-10,27H,11H2,1H3,(H,25,28). The largest absolute Gasteiger partial charge is 0.392 e. The number of aromatic nitrogens is 4. The minimum atomic E-state index is -0.421. The average molecular weight is 377 g/mol. The van der Waals surface area contributed by atoms with Crippen molar-refractivity contribution >= 4 is 16.8 Å². The first-order valence-electron chi connectivity index (χ1n) is 8.53. The molecule has 0 atom stereocenters. The van der Waals surface area contributed by atoms with Gasteiger partial charge in [-0.1, -0.05) is 6.07 Å². The van der Waals surface area contributed by atoms with Crippen molar-refractivity contribution in [2.75, 3.05) is 5.43 Å². The fourth-order valence-electron chi connectivity index (χ4n) is 2.97. The van der Waals surface area contributed by atoms with Gasteiger partial charge in [-0.05, 0) is 37.3 Å². The number of aryl methyl sites for hydroxylation is 1. The van der Waals surface area contributed by atoms with E-state index in [4.69, 9.17) is 0 Å². The number of benzene rings is 1. The van der Waals surface area contributed by atoms with Crippen molar-refractivity contribution in [1.29, 1.82) is 0 Å².